The van der Waals surface area contributed by atoms with Crippen molar-refractivity contribution in [3.8, 4) is 0 Å². The van der Waals surface area contributed by atoms with Gasteiger partial charge in [-0.15, -0.1) is 0 Å². The number of piperidine rings is 2. The van der Waals surface area contributed by atoms with Gasteiger partial charge < -0.3 is 15.3 Å². The number of likely N-dealkylation sites (tertiary alicyclic amines) is 2. The highest BCUT2D eigenvalue weighted by Gasteiger charge is 2.28. The lowest BCUT2D eigenvalue weighted by Crippen LogP contribution is -2.47. The maximum atomic E-state index is 12.6. The lowest BCUT2D eigenvalue weighted by Gasteiger charge is -2.35. The Morgan fingerprint density at radius 1 is 1.14 bits per heavy atom. The molecule has 0 spiro atoms. The molecule has 3 rings (SSSR count). The molecule has 154 valence electrons. The van der Waals surface area contributed by atoms with Gasteiger partial charge in [-0.1, -0.05) is 24.1 Å². The van der Waals surface area contributed by atoms with Crippen molar-refractivity contribution in [2.45, 2.75) is 38.1 Å². The average molecular weight is 408 g/mol. The van der Waals surface area contributed by atoms with E-state index in [1.165, 1.54) is 6.42 Å². The molecule has 1 aromatic rings. The Morgan fingerprint density at radius 2 is 1.93 bits per heavy atom. The molecule has 28 heavy (non-hydrogen) atoms. The molecule has 0 radical (unpaired) electrons. The summed E-state index contributed by atoms with van der Waals surface area (Å²) in [5, 5.41) is 13.1. The number of hydrogen-bond donors (Lipinski definition) is 2. The van der Waals surface area contributed by atoms with Gasteiger partial charge in [-0.25, -0.2) is 0 Å². The van der Waals surface area contributed by atoms with E-state index >= 15 is 0 Å². The minimum atomic E-state index is -0.0431. The molecule has 0 aromatic heterocycles. The molecule has 7 heteroatoms. The van der Waals surface area contributed by atoms with Crippen LogP contribution in [0.2, 0.25) is 5.02 Å². The summed E-state index contributed by atoms with van der Waals surface area (Å²) in [5.41, 5.74) is 0.593. The Balaban J connectivity index is 1.40. The molecule has 0 aliphatic carbocycles. The molecule has 1 aromatic carbocycles. The van der Waals surface area contributed by atoms with Crippen LogP contribution in [0.15, 0.2) is 24.3 Å². The maximum absolute atomic E-state index is 12.6. The van der Waals surface area contributed by atoms with Crippen LogP contribution in [0.1, 0.15) is 42.5 Å². The molecule has 2 N–H and O–H groups in total. The van der Waals surface area contributed by atoms with Crippen molar-refractivity contribution in [2.24, 2.45) is 5.92 Å². The number of aliphatic hydroxyl groups is 1. The van der Waals surface area contributed by atoms with E-state index in [-0.39, 0.29) is 30.4 Å². The molecule has 2 aliphatic rings. The van der Waals surface area contributed by atoms with Crippen LogP contribution in [-0.2, 0) is 4.79 Å². The number of carbonyl (C=O) groups excluding carboxylic acids is 2. The normalized spacial score (nSPS) is 21.5. The van der Waals surface area contributed by atoms with Crippen molar-refractivity contribution in [3.63, 3.8) is 0 Å². The first-order valence-corrected chi connectivity index (χ1v) is 10.6. The Kier molecular flexibility index (Phi) is 7.71. The van der Waals surface area contributed by atoms with Gasteiger partial charge >= 0.3 is 0 Å². The predicted octanol–water partition coefficient (Wildman–Crippen LogP) is 2.16. The monoisotopic (exact) mass is 407 g/mol. The van der Waals surface area contributed by atoms with E-state index in [0.717, 1.165) is 25.9 Å². The van der Waals surface area contributed by atoms with Crippen LogP contribution in [0.4, 0.5) is 0 Å². The first kappa shape index (κ1) is 21.1. The molecular weight excluding hydrogens is 378 g/mol. The average Bonchev–Trinajstić information content (AvgIpc) is 2.73. The van der Waals surface area contributed by atoms with Crippen LogP contribution < -0.4 is 5.32 Å². The smallest absolute Gasteiger partial charge is 0.253 e. The van der Waals surface area contributed by atoms with Crippen molar-refractivity contribution in [1.29, 1.82) is 0 Å². The fourth-order valence-electron chi connectivity index (χ4n) is 4.18. The van der Waals surface area contributed by atoms with E-state index in [9.17, 15) is 14.7 Å². The van der Waals surface area contributed by atoms with Gasteiger partial charge in [-0.3, -0.25) is 14.5 Å². The number of halogens is 1. The van der Waals surface area contributed by atoms with Crippen molar-refractivity contribution >= 4 is 23.4 Å². The summed E-state index contributed by atoms with van der Waals surface area (Å²) in [6, 6.07) is 7.21. The van der Waals surface area contributed by atoms with Crippen molar-refractivity contribution < 1.29 is 14.7 Å². The molecule has 2 saturated heterocycles. The van der Waals surface area contributed by atoms with Gasteiger partial charge in [0, 0.05) is 48.7 Å². The van der Waals surface area contributed by atoms with Crippen LogP contribution in [-0.4, -0.2) is 72.1 Å². The van der Waals surface area contributed by atoms with E-state index in [0.29, 0.717) is 43.1 Å². The van der Waals surface area contributed by atoms with E-state index in [1.54, 1.807) is 29.2 Å². The first-order chi connectivity index (χ1) is 13.6. The number of rotatable bonds is 6. The Bertz CT molecular complexity index is 677. The number of nitrogens with one attached hydrogen (secondary N) is 1. The van der Waals surface area contributed by atoms with E-state index in [1.807, 2.05) is 0 Å². The summed E-state index contributed by atoms with van der Waals surface area (Å²) >= 11 is 5.97. The summed E-state index contributed by atoms with van der Waals surface area (Å²) in [6.45, 7) is 3.74. The van der Waals surface area contributed by atoms with Gasteiger partial charge in [-0.05, 0) is 50.4 Å². The van der Waals surface area contributed by atoms with Gasteiger partial charge in [0.2, 0.25) is 5.91 Å². The molecule has 2 fully saturated rings. The second kappa shape index (κ2) is 10.2. The van der Waals surface area contributed by atoms with Crippen molar-refractivity contribution in [1.82, 2.24) is 15.1 Å². The van der Waals surface area contributed by atoms with Crippen LogP contribution in [0.5, 0.6) is 0 Å². The minimum absolute atomic E-state index is 0.0264. The molecule has 2 aliphatic heterocycles. The molecule has 1 atom stereocenters. The lowest BCUT2D eigenvalue weighted by molar-refractivity contribution is -0.126. The summed E-state index contributed by atoms with van der Waals surface area (Å²) < 4.78 is 0. The summed E-state index contributed by atoms with van der Waals surface area (Å²) in [5.74, 6) is 0.00678. The van der Waals surface area contributed by atoms with Gasteiger partial charge in [0.15, 0.2) is 0 Å². The third-order valence-corrected chi connectivity index (χ3v) is 6.12. The predicted molar refractivity (Wildman–Crippen MR) is 109 cm³/mol. The maximum Gasteiger partial charge on any atom is 0.253 e. The van der Waals surface area contributed by atoms with Gasteiger partial charge in [0.05, 0.1) is 6.61 Å². The highest BCUT2D eigenvalue weighted by molar-refractivity contribution is 6.30. The third kappa shape index (κ3) is 5.46. The van der Waals surface area contributed by atoms with Crippen LogP contribution in [0.3, 0.4) is 0 Å². The zero-order valence-electron chi connectivity index (χ0n) is 16.3. The molecule has 0 saturated carbocycles. The zero-order chi connectivity index (χ0) is 19.9. The number of nitrogens with zero attached hydrogens (tertiary/aromatic N) is 2. The number of aliphatic hydroxyl groups excluding tert-OH is 1. The quantitative estimate of drug-likeness (QED) is 0.757. The molecular formula is C21H30ClN3O3. The molecule has 2 heterocycles. The van der Waals surface area contributed by atoms with Gasteiger partial charge in [0.1, 0.15) is 0 Å². The van der Waals surface area contributed by atoms with Gasteiger partial charge in [0.25, 0.3) is 5.91 Å². The molecule has 0 bridgehead atoms. The minimum Gasteiger partial charge on any atom is -0.395 e. The van der Waals surface area contributed by atoms with Crippen molar-refractivity contribution in [2.75, 3.05) is 39.3 Å². The standard InChI is InChI=1S/C21H30ClN3O3/c22-18-5-3-4-17(14-18)21(28)25-11-7-16(8-12-25)20(27)23-9-13-24-10-2-1-6-19(24)15-26/h3-5,14,16,19,26H,1-2,6-13,15H2,(H,23,27)/t19-/m1/s1. The van der Waals surface area contributed by atoms with Crippen LogP contribution >= 0.6 is 11.6 Å². The fourth-order valence-corrected chi connectivity index (χ4v) is 4.37. The third-order valence-electron chi connectivity index (χ3n) is 5.88. The molecule has 6 nitrogen and oxygen atoms in total. The highest BCUT2D eigenvalue weighted by atomic mass is 35.5. The summed E-state index contributed by atoms with van der Waals surface area (Å²) in [7, 11) is 0. The first-order valence-electron chi connectivity index (χ1n) is 10.3. The second-order valence-electron chi connectivity index (χ2n) is 7.74. The summed E-state index contributed by atoms with van der Waals surface area (Å²) in [6.07, 6.45) is 4.72. The van der Waals surface area contributed by atoms with E-state index < -0.39 is 0 Å². The number of carbonyl (C=O) groups is 2. The van der Waals surface area contributed by atoms with Crippen LogP contribution in [0, 0.1) is 5.92 Å². The van der Waals surface area contributed by atoms with E-state index in [4.69, 9.17) is 11.6 Å². The van der Waals surface area contributed by atoms with E-state index in [2.05, 4.69) is 10.2 Å². The Morgan fingerprint density at radius 3 is 2.64 bits per heavy atom. The number of amides is 2. The molecule has 2 amide bonds. The number of benzene rings is 1. The molecule has 0 unspecified atom stereocenters. The fraction of sp³-hybridized carbons (Fsp3) is 0.619. The topological polar surface area (TPSA) is 72.9 Å². The zero-order valence-corrected chi connectivity index (χ0v) is 17.0. The number of hydrogen-bond acceptors (Lipinski definition) is 4. The second-order valence-corrected chi connectivity index (χ2v) is 8.17. The Hall–Kier alpha value is -1.63. The van der Waals surface area contributed by atoms with Crippen LogP contribution in [0.25, 0.3) is 0 Å². The Labute approximate surface area is 171 Å². The largest absolute Gasteiger partial charge is 0.395 e. The van der Waals surface area contributed by atoms with Crippen molar-refractivity contribution in [3.05, 3.63) is 34.9 Å². The lowest BCUT2D eigenvalue weighted by atomic mass is 9.95. The SMILES string of the molecule is O=C(NCCN1CCCC[C@@H]1CO)C1CCN(C(=O)c2cccc(Cl)c2)CC1. The highest BCUT2D eigenvalue weighted by Crippen LogP contribution is 2.21. The van der Waals surface area contributed by atoms with Gasteiger partial charge in [-0.2, -0.15) is 0 Å². The summed E-state index contributed by atoms with van der Waals surface area (Å²) in [4.78, 5) is 29.1.